The Morgan fingerprint density at radius 2 is 1.67 bits per heavy atom. The summed E-state index contributed by atoms with van der Waals surface area (Å²) < 4.78 is 11.2. The van der Waals surface area contributed by atoms with Crippen molar-refractivity contribution in [3.63, 3.8) is 0 Å². The molecule has 1 aromatic rings. The fourth-order valence-corrected chi connectivity index (χ4v) is 3.32. The molecular formula is C18H26N2O3S. The first kappa shape index (κ1) is 20.2. The van der Waals surface area contributed by atoms with Gasteiger partial charge in [0.05, 0.1) is 5.75 Å². The van der Waals surface area contributed by atoms with Gasteiger partial charge < -0.3 is 0 Å². The highest BCUT2D eigenvalue weighted by atomic mass is 32.2. The third-order valence-electron chi connectivity index (χ3n) is 3.66. The highest BCUT2D eigenvalue weighted by molar-refractivity contribution is 7.85. The van der Waals surface area contributed by atoms with E-state index in [0.717, 1.165) is 21.7 Å². The summed E-state index contributed by atoms with van der Waals surface area (Å²) in [6, 6.07) is 3.91. The molecule has 0 spiro atoms. The number of benzene rings is 1. The molecule has 1 amide bonds. The Kier molecular flexibility index (Phi) is 7.48. The van der Waals surface area contributed by atoms with Gasteiger partial charge in [-0.05, 0) is 37.8 Å². The highest BCUT2D eigenvalue weighted by Gasteiger charge is 2.25. The van der Waals surface area contributed by atoms with Crippen LogP contribution in [0.15, 0.2) is 17.2 Å². The molecule has 6 heteroatoms. The third-order valence-corrected chi connectivity index (χ3v) is 4.48. The van der Waals surface area contributed by atoms with E-state index >= 15 is 0 Å². The molecule has 0 aliphatic rings. The number of rotatable bonds is 7. The Hall–Kier alpha value is -1.82. The van der Waals surface area contributed by atoms with E-state index in [4.69, 9.17) is 0 Å². The number of ketones is 1. The number of carbonyl (C=O) groups excluding carboxylic acids is 2. The van der Waals surface area contributed by atoms with Crippen LogP contribution in [0.4, 0.5) is 0 Å². The maximum Gasteiger partial charge on any atom is 0.314 e. The summed E-state index contributed by atoms with van der Waals surface area (Å²) in [5.41, 5.74) is 3.90. The van der Waals surface area contributed by atoms with Crippen molar-refractivity contribution in [1.29, 1.82) is 0 Å². The van der Waals surface area contributed by atoms with Gasteiger partial charge >= 0.3 is 5.91 Å². The van der Waals surface area contributed by atoms with E-state index in [1.54, 1.807) is 13.2 Å². The predicted molar refractivity (Wildman–Crippen MR) is 99.1 cm³/mol. The normalized spacial score (nSPS) is 12.8. The molecule has 24 heavy (non-hydrogen) atoms. The van der Waals surface area contributed by atoms with Crippen molar-refractivity contribution in [2.24, 2.45) is 5.10 Å². The third kappa shape index (κ3) is 5.09. The number of likely N-dealkylation sites (N-methyl/N-ethyl adjacent to an activating group) is 1. The van der Waals surface area contributed by atoms with E-state index in [-0.39, 0.29) is 5.75 Å². The summed E-state index contributed by atoms with van der Waals surface area (Å²) >= 11 is 0. The van der Waals surface area contributed by atoms with Crippen LogP contribution in [0.1, 0.15) is 47.8 Å². The lowest BCUT2D eigenvalue weighted by Crippen LogP contribution is -2.32. The lowest BCUT2D eigenvalue weighted by atomic mass is 9.92. The molecule has 0 saturated heterocycles. The Morgan fingerprint density at radius 1 is 1.17 bits per heavy atom. The first-order chi connectivity index (χ1) is 11.2. The van der Waals surface area contributed by atoms with Crippen LogP contribution in [0.2, 0.25) is 0 Å². The Bertz CT molecular complexity index is 670. The Balaban J connectivity index is 3.18. The first-order valence-corrected chi connectivity index (χ1v) is 9.72. The van der Waals surface area contributed by atoms with E-state index in [2.05, 4.69) is 5.10 Å². The van der Waals surface area contributed by atoms with Crippen LogP contribution >= 0.6 is 0 Å². The molecule has 0 aliphatic carbocycles. The molecule has 0 heterocycles. The van der Waals surface area contributed by atoms with Crippen LogP contribution in [0.5, 0.6) is 0 Å². The summed E-state index contributed by atoms with van der Waals surface area (Å²) in [6.07, 6.45) is 2.94. The van der Waals surface area contributed by atoms with Crippen LogP contribution in [0.25, 0.3) is 0 Å². The van der Waals surface area contributed by atoms with Gasteiger partial charge in [-0.25, -0.2) is 5.01 Å². The van der Waals surface area contributed by atoms with Gasteiger partial charge in [0.25, 0.3) is 5.78 Å². The van der Waals surface area contributed by atoms with E-state index in [0.29, 0.717) is 24.1 Å². The minimum atomic E-state index is -1.04. The molecule has 0 fully saturated rings. The quantitative estimate of drug-likeness (QED) is 0.328. The highest BCUT2D eigenvalue weighted by Crippen LogP contribution is 2.20. The molecule has 1 aromatic carbocycles. The minimum Gasteiger partial charge on any atom is -0.283 e. The monoisotopic (exact) mass is 350 g/mol. The van der Waals surface area contributed by atoms with Crippen molar-refractivity contribution in [3.05, 3.63) is 34.4 Å². The van der Waals surface area contributed by atoms with Crippen molar-refractivity contribution < 1.29 is 13.8 Å². The van der Waals surface area contributed by atoms with Crippen LogP contribution < -0.4 is 0 Å². The molecule has 0 N–H and O–H groups in total. The maximum absolute atomic E-state index is 12.7. The lowest BCUT2D eigenvalue weighted by molar-refractivity contribution is -0.125. The van der Waals surface area contributed by atoms with Crippen LogP contribution in [-0.2, 0) is 28.4 Å². The van der Waals surface area contributed by atoms with Crippen molar-refractivity contribution in [3.8, 4) is 0 Å². The van der Waals surface area contributed by atoms with Crippen LogP contribution in [0.3, 0.4) is 0 Å². The van der Waals surface area contributed by atoms with E-state index < -0.39 is 22.5 Å². The SMILES string of the molecule is CCc1cc(C)cc(CC)c1C(=O)C(=O)N(C)/N=C(\C)CS(C)=O. The van der Waals surface area contributed by atoms with Gasteiger partial charge in [-0.2, -0.15) is 5.10 Å². The first-order valence-electron chi connectivity index (χ1n) is 8.00. The second kappa shape index (κ2) is 8.87. The molecule has 5 nitrogen and oxygen atoms in total. The Morgan fingerprint density at radius 3 is 2.08 bits per heavy atom. The van der Waals surface area contributed by atoms with E-state index in [9.17, 15) is 13.8 Å². The summed E-state index contributed by atoms with van der Waals surface area (Å²) in [4.78, 5) is 25.2. The van der Waals surface area contributed by atoms with Crippen LogP contribution in [-0.4, -0.2) is 45.7 Å². The number of hydrogen-bond acceptors (Lipinski definition) is 4. The molecule has 1 atom stereocenters. The zero-order chi connectivity index (χ0) is 18.4. The summed E-state index contributed by atoms with van der Waals surface area (Å²) in [5.74, 6) is -0.943. The number of Topliss-reactive ketones (excluding diaryl/α,β-unsaturated/α-hetero) is 1. The van der Waals surface area contributed by atoms with Gasteiger partial charge in [0.15, 0.2) is 0 Å². The fourth-order valence-electron chi connectivity index (χ4n) is 2.67. The number of carbonyl (C=O) groups is 2. The average Bonchev–Trinajstić information content (AvgIpc) is 2.51. The van der Waals surface area contributed by atoms with E-state index in [1.165, 1.54) is 7.05 Å². The summed E-state index contributed by atoms with van der Waals surface area (Å²) in [7, 11) is 0.414. The van der Waals surface area contributed by atoms with Gasteiger partial charge in [0, 0.05) is 35.4 Å². The Labute approximate surface area is 146 Å². The summed E-state index contributed by atoms with van der Waals surface area (Å²) in [6.45, 7) is 7.62. The van der Waals surface area contributed by atoms with Crippen molar-refractivity contribution in [1.82, 2.24) is 5.01 Å². The topological polar surface area (TPSA) is 66.8 Å². The largest absolute Gasteiger partial charge is 0.314 e. The molecule has 132 valence electrons. The van der Waals surface area contributed by atoms with Crippen LogP contribution in [0, 0.1) is 6.92 Å². The van der Waals surface area contributed by atoms with Gasteiger partial charge in [-0.3, -0.25) is 13.8 Å². The molecule has 0 aliphatic heterocycles. The molecule has 0 radical (unpaired) electrons. The molecule has 1 rings (SSSR count). The molecule has 0 aromatic heterocycles. The molecular weight excluding hydrogens is 324 g/mol. The number of aryl methyl sites for hydroxylation is 3. The minimum absolute atomic E-state index is 0.275. The van der Waals surface area contributed by atoms with Crippen molar-refractivity contribution >= 4 is 28.2 Å². The zero-order valence-electron chi connectivity index (χ0n) is 15.3. The van der Waals surface area contributed by atoms with Crippen molar-refractivity contribution in [2.45, 2.75) is 40.5 Å². The van der Waals surface area contributed by atoms with E-state index in [1.807, 2.05) is 32.9 Å². The van der Waals surface area contributed by atoms with Gasteiger partial charge in [-0.1, -0.05) is 31.5 Å². The molecule has 0 bridgehead atoms. The van der Waals surface area contributed by atoms with Gasteiger partial charge in [-0.15, -0.1) is 0 Å². The second-order valence-corrected chi connectivity index (χ2v) is 7.31. The maximum atomic E-state index is 12.7. The molecule has 0 saturated carbocycles. The number of amides is 1. The number of hydrogen-bond donors (Lipinski definition) is 0. The average molecular weight is 350 g/mol. The van der Waals surface area contributed by atoms with Crippen molar-refractivity contribution in [2.75, 3.05) is 19.1 Å². The predicted octanol–water partition coefficient (Wildman–Crippen LogP) is 2.52. The zero-order valence-corrected chi connectivity index (χ0v) is 16.1. The molecule has 1 unspecified atom stereocenters. The standard InChI is InChI=1S/C18H26N2O3S/c1-7-14-9-12(3)10-15(8-2)16(14)17(21)18(22)20(5)19-13(4)11-24(6)23/h9-10H,7-8,11H2,1-6H3/b19-13+. The van der Waals surface area contributed by atoms with Gasteiger partial charge in [0.2, 0.25) is 0 Å². The number of nitrogens with zero attached hydrogens (tertiary/aromatic N) is 2. The lowest BCUT2D eigenvalue weighted by Gasteiger charge is -2.16. The fraction of sp³-hybridized carbons (Fsp3) is 0.500. The number of hydrazone groups is 1. The second-order valence-electron chi connectivity index (χ2n) is 5.88. The smallest absolute Gasteiger partial charge is 0.283 e. The van der Waals surface area contributed by atoms with Gasteiger partial charge in [0.1, 0.15) is 0 Å². The summed E-state index contributed by atoms with van der Waals surface area (Å²) in [5, 5.41) is 5.12.